The van der Waals surface area contributed by atoms with Gasteiger partial charge in [-0.3, -0.25) is 14.5 Å². The molecular weight excluding hydrogens is 266 g/mol. The Morgan fingerprint density at radius 3 is 2.52 bits per heavy atom. The van der Waals surface area contributed by atoms with Crippen LogP contribution in [0.3, 0.4) is 0 Å². The Bertz CT molecular complexity index is 435. The third kappa shape index (κ3) is 3.96. The molecule has 0 spiro atoms. The van der Waals surface area contributed by atoms with Crippen LogP contribution in [0.4, 0.5) is 5.69 Å². The van der Waals surface area contributed by atoms with Gasteiger partial charge in [0.25, 0.3) is 0 Å². The molecule has 3 rings (SSSR count). The van der Waals surface area contributed by atoms with Crippen molar-refractivity contribution in [2.75, 3.05) is 38.5 Å². The molecule has 0 bridgehead atoms. The molecule has 3 N–H and O–H groups in total. The second kappa shape index (κ2) is 6.77. The maximum Gasteiger partial charge on any atom is 0.0862 e. The minimum absolute atomic E-state index is 0.387. The molecule has 1 unspecified atom stereocenters. The SMILES string of the molecule is Nc1cnn(CC(O)CN2CCN(C3CCCC3)CC2)c1. The Morgan fingerprint density at radius 1 is 1.19 bits per heavy atom. The number of nitrogens with two attached hydrogens (primary N) is 1. The Kier molecular flexibility index (Phi) is 4.77. The minimum atomic E-state index is -0.387. The maximum absolute atomic E-state index is 10.2. The van der Waals surface area contributed by atoms with Crippen molar-refractivity contribution in [2.24, 2.45) is 0 Å². The molecule has 0 amide bonds. The number of hydrogen-bond acceptors (Lipinski definition) is 5. The standard InChI is InChI=1S/C15H27N5O/c16-13-9-17-20(10-13)12-15(21)11-18-5-7-19(8-6-18)14-3-1-2-4-14/h9-10,14-15,21H,1-8,11-12,16H2. The molecule has 1 saturated heterocycles. The minimum Gasteiger partial charge on any atom is -0.396 e. The van der Waals surface area contributed by atoms with Crippen molar-refractivity contribution >= 4 is 5.69 Å². The summed E-state index contributed by atoms with van der Waals surface area (Å²) in [6.07, 6.45) is 8.55. The van der Waals surface area contributed by atoms with Crippen molar-refractivity contribution in [3.8, 4) is 0 Å². The van der Waals surface area contributed by atoms with E-state index in [0.717, 1.165) is 38.8 Å². The molecule has 1 atom stereocenters. The molecule has 0 radical (unpaired) electrons. The molecule has 2 aliphatic rings. The zero-order chi connectivity index (χ0) is 14.7. The van der Waals surface area contributed by atoms with Crippen molar-refractivity contribution in [2.45, 2.75) is 44.4 Å². The highest BCUT2D eigenvalue weighted by Gasteiger charge is 2.26. The van der Waals surface area contributed by atoms with E-state index in [2.05, 4.69) is 14.9 Å². The number of piperazine rings is 1. The van der Waals surface area contributed by atoms with Gasteiger partial charge >= 0.3 is 0 Å². The van der Waals surface area contributed by atoms with Crippen LogP contribution in [0.25, 0.3) is 0 Å². The topological polar surface area (TPSA) is 70.5 Å². The zero-order valence-corrected chi connectivity index (χ0v) is 12.7. The average Bonchev–Trinajstić information content (AvgIpc) is 3.11. The fourth-order valence-corrected chi connectivity index (χ4v) is 3.63. The third-order valence-corrected chi connectivity index (χ3v) is 4.77. The van der Waals surface area contributed by atoms with Gasteiger partial charge in [0.1, 0.15) is 0 Å². The number of aliphatic hydroxyl groups is 1. The Morgan fingerprint density at radius 2 is 1.90 bits per heavy atom. The van der Waals surface area contributed by atoms with Crippen molar-refractivity contribution in [3.63, 3.8) is 0 Å². The van der Waals surface area contributed by atoms with Crippen LogP contribution >= 0.6 is 0 Å². The lowest BCUT2D eigenvalue weighted by molar-refractivity contribution is 0.0497. The van der Waals surface area contributed by atoms with Gasteiger partial charge in [-0.2, -0.15) is 5.10 Å². The fourth-order valence-electron chi connectivity index (χ4n) is 3.63. The van der Waals surface area contributed by atoms with Crippen LogP contribution < -0.4 is 5.73 Å². The monoisotopic (exact) mass is 293 g/mol. The largest absolute Gasteiger partial charge is 0.396 e. The predicted octanol–water partition coefficient (Wildman–Crippen LogP) is 0.386. The van der Waals surface area contributed by atoms with Crippen LogP contribution in [-0.2, 0) is 6.54 Å². The molecule has 1 aliphatic carbocycles. The number of nitrogen functional groups attached to an aromatic ring is 1. The highest BCUT2D eigenvalue weighted by Crippen LogP contribution is 2.24. The zero-order valence-electron chi connectivity index (χ0n) is 12.7. The quantitative estimate of drug-likeness (QED) is 0.821. The van der Waals surface area contributed by atoms with E-state index >= 15 is 0 Å². The van der Waals surface area contributed by atoms with Crippen molar-refractivity contribution in [1.82, 2.24) is 19.6 Å². The number of aliphatic hydroxyl groups excluding tert-OH is 1. The first-order chi connectivity index (χ1) is 10.2. The molecule has 6 nitrogen and oxygen atoms in total. The first-order valence-corrected chi connectivity index (χ1v) is 8.13. The van der Waals surface area contributed by atoms with Crippen LogP contribution in [0.2, 0.25) is 0 Å². The van der Waals surface area contributed by atoms with E-state index in [-0.39, 0.29) is 6.10 Å². The lowest BCUT2D eigenvalue weighted by Crippen LogP contribution is -2.51. The predicted molar refractivity (Wildman–Crippen MR) is 82.9 cm³/mol. The molecule has 1 saturated carbocycles. The Hall–Kier alpha value is -1.11. The summed E-state index contributed by atoms with van der Waals surface area (Å²) in [6.45, 7) is 5.65. The van der Waals surface area contributed by atoms with Gasteiger partial charge in [-0.1, -0.05) is 12.8 Å². The summed E-state index contributed by atoms with van der Waals surface area (Å²) in [7, 11) is 0. The normalized spacial score (nSPS) is 23.7. The second-order valence-corrected chi connectivity index (χ2v) is 6.42. The Balaban J connectivity index is 1.40. The first kappa shape index (κ1) is 14.8. The molecule has 2 fully saturated rings. The van der Waals surface area contributed by atoms with E-state index in [1.54, 1.807) is 17.1 Å². The van der Waals surface area contributed by atoms with E-state index in [0.29, 0.717) is 12.2 Å². The molecule has 118 valence electrons. The summed E-state index contributed by atoms with van der Waals surface area (Å²) in [4.78, 5) is 5.01. The number of aromatic nitrogens is 2. The molecule has 6 heteroatoms. The maximum atomic E-state index is 10.2. The molecule has 1 aromatic heterocycles. The van der Waals surface area contributed by atoms with Crippen LogP contribution in [0, 0.1) is 0 Å². The summed E-state index contributed by atoms with van der Waals surface area (Å²) >= 11 is 0. The molecule has 2 heterocycles. The number of nitrogens with zero attached hydrogens (tertiary/aromatic N) is 4. The molecular formula is C15H27N5O. The second-order valence-electron chi connectivity index (χ2n) is 6.42. The molecule has 1 aromatic rings. The fraction of sp³-hybridized carbons (Fsp3) is 0.800. The van der Waals surface area contributed by atoms with E-state index in [1.807, 2.05) is 0 Å². The van der Waals surface area contributed by atoms with Gasteiger partial charge < -0.3 is 10.8 Å². The van der Waals surface area contributed by atoms with E-state index < -0.39 is 0 Å². The number of hydrogen-bond donors (Lipinski definition) is 2. The third-order valence-electron chi connectivity index (χ3n) is 4.77. The molecule has 21 heavy (non-hydrogen) atoms. The summed E-state index contributed by atoms with van der Waals surface area (Å²) in [6, 6.07) is 0.823. The van der Waals surface area contributed by atoms with Gasteiger partial charge in [0.15, 0.2) is 0 Å². The summed E-state index contributed by atoms with van der Waals surface area (Å²) in [5.74, 6) is 0. The van der Waals surface area contributed by atoms with Crippen LogP contribution in [-0.4, -0.2) is 69.6 Å². The van der Waals surface area contributed by atoms with Crippen molar-refractivity contribution in [1.29, 1.82) is 0 Å². The van der Waals surface area contributed by atoms with Crippen LogP contribution in [0.15, 0.2) is 12.4 Å². The van der Waals surface area contributed by atoms with Gasteiger partial charge in [0, 0.05) is 45.0 Å². The van der Waals surface area contributed by atoms with Gasteiger partial charge in [-0.25, -0.2) is 0 Å². The average molecular weight is 293 g/mol. The summed E-state index contributed by atoms with van der Waals surface area (Å²) < 4.78 is 1.72. The Labute approximate surface area is 126 Å². The van der Waals surface area contributed by atoms with Gasteiger partial charge in [-0.15, -0.1) is 0 Å². The van der Waals surface area contributed by atoms with Gasteiger partial charge in [0.05, 0.1) is 24.5 Å². The smallest absolute Gasteiger partial charge is 0.0862 e. The van der Waals surface area contributed by atoms with E-state index in [4.69, 9.17) is 5.73 Å². The highest BCUT2D eigenvalue weighted by molar-refractivity contribution is 5.30. The van der Waals surface area contributed by atoms with E-state index in [1.165, 1.54) is 25.7 Å². The van der Waals surface area contributed by atoms with Crippen molar-refractivity contribution < 1.29 is 5.11 Å². The number of β-amino-alcohol motifs (C(OH)–C–C–N with tert-alkyl or cyclic N) is 1. The van der Waals surface area contributed by atoms with Crippen LogP contribution in [0.1, 0.15) is 25.7 Å². The highest BCUT2D eigenvalue weighted by atomic mass is 16.3. The lowest BCUT2D eigenvalue weighted by Gasteiger charge is -2.38. The van der Waals surface area contributed by atoms with Gasteiger partial charge in [0.2, 0.25) is 0 Å². The summed E-state index contributed by atoms with van der Waals surface area (Å²) in [5, 5.41) is 14.3. The number of anilines is 1. The van der Waals surface area contributed by atoms with Crippen LogP contribution in [0.5, 0.6) is 0 Å². The number of rotatable bonds is 5. The first-order valence-electron chi connectivity index (χ1n) is 8.13. The lowest BCUT2D eigenvalue weighted by atomic mass is 10.1. The van der Waals surface area contributed by atoms with E-state index in [9.17, 15) is 5.11 Å². The van der Waals surface area contributed by atoms with Crippen molar-refractivity contribution in [3.05, 3.63) is 12.4 Å². The molecule has 1 aliphatic heterocycles. The molecule has 0 aromatic carbocycles. The summed E-state index contributed by atoms with van der Waals surface area (Å²) in [5.41, 5.74) is 6.28. The van der Waals surface area contributed by atoms with Gasteiger partial charge in [-0.05, 0) is 12.8 Å².